The van der Waals surface area contributed by atoms with E-state index in [-0.39, 0.29) is 12.1 Å². The summed E-state index contributed by atoms with van der Waals surface area (Å²) in [6, 6.07) is 0.859. The topological polar surface area (TPSA) is 43.8 Å². The van der Waals surface area contributed by atoms with E-state index >= 15 is 0 Å². The van der Waals surface area contributed by atoms with Crippen LogP contribution in [0, 0.1) is 0 Å². The number of likely N-dealkylation sites (tertiary alicyclic amines) is 1. The lowest BCUT2D eigenvalue weighted by atomic mass is 9.97. The molecule has 1 N–H and O–H groups in total. The number of fused-ring (bicyclic) bond motifs is 2. The number of carbonyl (C=O) groups is 1. The van der Waals surface area contributed by atoms with Crippen molar-refractivity contribution in [1.82, 2.24) is 9.80 Å². The number of hydrogen-bond acceptors (Lipinski definition) is 3. The molecular formula is C15H26N2O2. The number of hydrogen-bond donors (Lipinski definition) is 1. The molecule has 0 spiro atoms. The normalized spacial score (nSPS) is 37.4. The molecule has 0 aliphatic carbocycles. The largest absolute Gasteiger partial charge is 0.393 e. The van der Waals surface area contributed by atoms with Crippen LogP contribution in [0.2, 0.25) is 0 Å². The van der Waals surface area contributed by atoms with Crippen molar-refractivity contribution in [2.45, 2.75) is 76.1 Å². The van der Waals surface area contributed by atoms with Gasteiger partial charge in [-0.05, 0) is 51.9 Å². The minimum Gasteiger partial charge on any atom is -0.393 e. The molecule has 1 amide bonds. The second-order valence-electron chi connectivity index (χ2n) is 6.52. The maximum atomic E-state index is 12.6. The highest BCUT2D eigenvalue weighted by Crippen LogP contribution is 2.37. The summed E-state index contributed by atoms with van der Waals surface area (Å²) in [6.45, 7) is 3.95. The number of carbonyl (C=O) groups excluding carboxylic acids is 1. The quantitative estimate of drug-likeness (QED) is 0.821. The van der Waals surface area contributed by atoms with Gasteiger partial charge in [0.05, 0.1) is 12.1 Å². The molecule has 4 nitrogen and oxygen atoms in total. The Morgan fingerprint density at radius 1 is 1.11 bits per heavy atom. The molecule has 19 heavy (non-hydrogen) atoms. The van der Waals surface area contributed by atoms with Gasteiger partial charge in [0.2, 0.25) is 5.91 Å². The van der Waals surface area contributed by atoms with Gasteiger partial charge in [0.1, 0.15) is 0 Å². The van der Waals surface area contributed by atoms with E-state index in [0.29, 0.717) is 18.0 Å². The third-order valence-electron chi connectivity index (χ3n) is 5.24. The Morgan fingerprint density at radius 3 is 2.26 bits per heavy atom. The molecular weight excluding hydrogens is 240 g/mol. The van der Waals surface area contributed by atoms with E-state index < -0.39 is 0 Å². The van der Waals surface area contributed by atoms with Crippen molar-refractivity contribution < 1.29 is 9.90 Å². The number of rotatable bonds is 2. The van der Waals surface area contributed by atoms with E-state index in [1.807, 2.05) is 0 Å². The average molecular weight is 266 g/mol. The van der Waals surface area contributed by atoms with Crippen molar-refractivity contribution in [3.05, 3.63) is 0 Å². The van der Waals surface area contributed by atoms with Crippen molar-refractivity contribution >= 4 is 5.91 Å². The van der Waals surface area contributed by atoms with Crippen LogP contribution in [0.25, 0.3) is 0 Å². The Morgan fingerprint density at radius 2 is 1.68 bits per heavy atom. The first-order valence-corrected chi connectivity index (χ1v) is 7.91. The van der Waals surface area contributed by atoms with Crippen LogP contribution in [0.1, 0.15) is 51.9 Å². The molecule has 3 unspecified atom stereocenters. The molecule has 3 atom stereocenters. The smallest absolute Gasteiger partial charge is 0.239 e. The third kappa shape index (κ3) is 2.52. The van der Waals surface area contributed by atoms with E-state index in [4.69, 9.17) is 0 Å². The van der Waals surface area contributed by atoms with Gasteiger partial charge in [-0.1, -0.05) is 0 Å². The zero-order valence-corrected chi connectivity index (χ0v) is 11.9. The lowest BCUT2D eigenvalue weighted by Crippen LogP contribution is -2.55. The first kappa shape index (κ1) is 13.4. The van der Waals surface area contributed by atoms with Crippen LogP contribution in [0.4, 0.5) is 0 Å². The van der Waals surface area contributed by atoms with E-state index in [1.54, 1.807) is 0 Å². The number of nitrogens with zero attached hydrogens (tertiary/aromatic N) is 2. The van der Waals surface area contributed by atoms with E-state index in [1.165, 1.54) is 6.42 Å². The average Bonchev–Trinajstić information content (AvgIpc) is 2.70. The van der Waals surface area contributed by atoms with Crippen LogP contribution in [-0.4, -0.2) is 58.1 Å². The van der Waals surface area contributed by atoms with Crippen LogP contribution >= 0.6 is 0 Å². The Labute approximate surface area is 115 Å². The summed E-state index contributed by atoms with van der Waals surface area (Å²) in [5.41, 5.74) is 0. The molecule has 2 bridgehead atoms. The molecule has 0 aromatic heterocycles. The molecule has 3 saturated heterocycles. The highest BCUT2D eigenvalue weighted by Gasteiger charge is 2.44. The summed E-state index contributed by atoms with van der Waals surface area (Å²) < 4.78 is 0. The van der Waals surface area contributed by atoms with Crippen LogP contribution in [0.3, 0.4) is 0 Å². The molecule has 4 heteroatoms. The van der Waals surface area contributed by atoms with Gasteiger partial charge >= 0.3 is 0 Å². The van der Waals surface area contributed by atoms with Gasteiger partial charge in [-0.25, -0.2) is 0 Å². The van der Waals surface area contributed by atoms with Gasteiger partial charge in [-0.15, -0.1) is 0 Å². The van der Waals surface area contributed by atoms with Crippen molar-refractivity contribution in [3.63, 3.8) is 0 Å². The fourth-order valence-electron chi connectivity index (χ4n) is 4.32. The van der Waals surface area contributed by atoms with E-state index in [9.17, 15) is 9.90 Å². The summed E-state index contributed by atoms with van der Waals surface area (Å²) in [5.74, 6) is 0.313. The zero-order valence-electron chi connectivity index (χ0n) is 11.9. The molecule has 0 aromatic rings. The monoisotopic (exact) mass is 266 g/mol. The Kier molecular flexibility index (Phi) is 3.81. The van der Waals surface area contributed by atoms with Crippen molar-refractivity contribution in [2.75, 3.05) is 13.1 Å². The number of aliphatic hydroxyl groups excluding tert-OH is 1. The van der Waals surface area contributed by atoms with Crippen molar-refractivity contribution in [3.8, 4) is 0 Å². The highest BCUT2D eigenvalue weighted by atomic mass is 16.3. The zero-order chi connectivity index (χ0) is 13.4. The second-order valence-corrected chi connectivity index (χ2v) is 6.52. The van der Waals surface area contributed by atoms with Crippen LogP contribution in [-0.2, 0) is 4.79 Å². The van der Waals surface area contributed by atoms with Gasteiger partial charge in [0, 0.05) is 25.2 Å². The fraction of sp³-hybridized carbons (Fsp3) is 0.933. The lowest BCUT2D eigenvalue weighted by Gasteiger charge is -2.42. The van der Waals surface area contributed by atoms with Crippen molar-refractivity contribution in [2.24, 2.45) is 0 Å². The van der Waals surface area contributed by atoms with Crippen LogP contribution in [0.5, 0.6) is 0 Å². The molecule has 0 aromatic carbocycles. The predicted octanol–water partition coefficient (Wildman–Crippen LogP) is 1.38. The predicted molar refractivity (Wildman–Crippen MR) is 73.8 cm³/mol. The maximum absolute atomic E-state index is 12.6. The molecule has 0 saturated carbocycles. The molecule has 3 aliphatic heterocycles. The van der Waals surface area contributed by atoms with E-state index in [0.717, 1.165) is 51.6 Å². The molecule has 3 rings (SSSR count). The number of aliphatic hydroxyl groups is 1. The third-order valence-corrected chi connectivity index (χ3v) is 5.24. The molecule has 3 heterocycles. The molecule has 3 fully saturated rings. The standard InChI is InChI=1S/C15H26N2O2/c1-11(15(19)16-7-3-2-4-8-16)17-12-5-6-13(17)10-14(18)9-12/h11-14,18H,2-10H2,1H3. The Balaban J connectivity index is 1.66. The maximum Gasteiger partial charge on any atom is 0.239 e. The van der Waals surface area contributed by atoms with E-state index in [2.05, 4.69) is 16.7 Å². The highest BCUT2D eigenvalue weighted by molar-refractivity contribution is 5.81. The summed E-state index contributed by atoms with van der Waals surface area (Å²) in [4.78, 5) is 17.1. The summed E-state index contributed by atoms with van der Waals surface area (Å²) in [7, 11) is 0. The van der Waals surface area contributed by atoms with Gasteiger partial charge in [0.25, 0.3) is 0 Å². The minimum absolute atomic E-state index is 0.00287. The van der Waals surface area contributed by atoms with Crippen LogP contribution in [0.15, 0.2) is 0 Å². The summed E-state index contributed by atoms with van der Waals surface area (Å²) in [6.07, 6.45) is 7.44. The summed E-state index contributed by atoms with van der Waals surface area (Å²) >= 11 is 0. The molecule has 0 radical (unpaired) electrons. The molecule has 3 aliphatic rings. The molecule has 108 valence electrons. The van der Waals surface area contributed by atoms with Gasteiger partial charge in [0.15, 0.2) is 0 Å². The first-order valence-electron chi connectivity index (χ1n) is 7.91. The second kappa shape index (κ2) is 5.41. The number of piperidine rings is 2. The summed E-state index contributed by atoms with van der Waals surface area (Å²) in [5, 5.41) is 9.85. The van der Waals surface area contributed by atoms with Gasteiger partial charge in [-0.2, -0.15) is 0 Å². The first-order chi connectivity index (χ1) is 9.16. The lowest BCUT2D eigenvalue weighted by molar-refractivity contribution is -0.140. The van der Waals surface area contributed by atoms with Gasteiger partial charge in [-0.3, -0.25) is 9.69 Å². The van der Waals surface area contributed by atoms with Crippen molar-refractivity contribution in [1.29, 1.82) is 0 Å². The number of amides is 1. The van der Waals surface area contributed by atoms with Gasteiger partial charge < -0.3 is 10.0 Å². The van der Waals surface area contributed by atoms with Crippen LogP contribution < -0.4 is 0 Å². The SMILES string of the molecule is CC(C(=O)N1CCCCC1)N1C2CCC1CC(O)C2. The fourth-order valence-corrected chi connectivity index (χ4v) is 4.32. The minimum atomic E-state index is -0.147. The Hall–Kier alpha value is -0.610. The Bertz CT molecular complexity index is 327.